The molecule has 1 N–H and O–H groups in total. The maximum Gasteiger partial charge on any atom is 0.256 e. The lowest BCUT2D eigenvalue weighted by molar-refractivity contribution is -0.125. The standard InChI is InChI=1S/C15H16F2N2O2/c16-10-2-3-11(12(17)7-10)15(21)19-6-5-13-9(8-19)1-4-14(20)18-13/h2-3,7,9,13H,1,4-6,8H2,(H,18,20). The van der Waals surface area contributed by atoms with Gasteiger partial charge in [0.1, 0.15) is 11.6 Å². The molecular weight excluding hydrogens is 278 g/mol. The predicted molar refractivity (Wildman–Crippen MR) is 71.5 cm³/mol. The molecule has 2 heterocycles. The number of hydrogen-bond acceptors (Lipinski definition) is 2. The molecule has 2 aliphatic heterocycles. The fourth-order valence-corrected chi connectivity index (χ4v) is 3.13. The van der Waals surface area contributed by atoms with Crippen LogP contribution in [0.1, 0.15) is 29.6 Å². The van der Waals surface area contributed by atoms with Gasteiger partial charge < -0.3 is 10.2 Å². The zero-order valence-electron chi connectivity index (χ0n) is 11.4. The monoisotopic (exact) mass is 294 g/mol. The number of likely N-dealkylation sites (tertiary alicyclic amines) is 1. The van der Waals surface area contributed by atoms with Crippen molar-refractivity contribution >= 4 is 11.8 Å². The molecule has 2 aliphatic rings. The molecule has 4 nitrogen and oxygen atoms in total. The summed E-state index contributed by atoms with van der Waals surface area (Å²) in [6, 6.07) is 3.10. The van der Waals surface area contributed by atoms with E-state index >= 15 is 0 Å². The normalized spacial score (nSPS) is 25.2. The van der Waals surface area contributed by atoms with Crippen molar-refractivity contribution in [3.05, 3.63) is 35.4 Å². The maximum absolute atomic E-state index is 13.7. The van der Waals surface area contributed by atoms with Gasteiger partial charge in [-0.3, -0.25) is 9.59 Å². The summed E-state index contributed by atoms with van der Waals surface area (Å²) in [7, 11) is 0. The summed E-state index contributed by atoms with van der Waals surface area (Å²) in [5.74, 6) is -1.68. The molecule has 0 radical (unpaired) electrons. The van der Waals surface area contributed by atoms with Crippen molar-refractivity contribution in [2.75, 3.05) is 13.1 Å². The molecular formula is C15H16F2N2O2. The van der Waals surface area contributed by atoms with E-state index in [-0.39, 0.29) is 23.4 Å². The lowest BCUT2D eigenvalue weighted by Gasteiger charge is -2.41. The molecule has 2 atom stereocenters. The van der Waals surface area contributed by atoms with E-state index in [1.54, 1.807) is 4.90 Å². The molecule has 2 fully saturated rings. The highest BCUT2D eigenvalue weighted by Gasteiger charge is 2.35. The fraction of sp³-hybridized carbons (Fsp3) is 0.467. The molecule has 112 valence electrons. The largest absolute Gasteiger partial charge is 0.353 e. The molecule has 21 heavy (non-hydrogen) atoms. The Balaban J connectivity index is 1.73. The van der Waals surface area contributed by atoms with Gasteiger partial charge in [0.05, 0.1) is 5.56 Å². The SMILES string of the molecule is O=C1CCC2CN(C(=O)c3ccc(F)cc3F)CCC2N1. The molecule has 0 spiro atoms. The number of nitrogens with zero attached hydrogens (tertiary/aromatic N) is 1. The van der Waals surface area contributed by atoms with Gasteiger partial charge in [0.15, 0.2) is 0 Å². The van der Waals surface area contributed by atoms with Gasteiger partial charge in [0.2, 0.25) is 5.91 Å². The van der Waals surface area contributed by atoms with Crippen molar-refractivity contribution in [3.8, 4) is 0 Å². The van der Waals surface area contributed by atoms with E-state index in [1.807, 2.05) is 0 Å². The van der Waals surface area contributed by atoms with Crippen molar-refractivity contribution < 1.29 is 18.4 Å². The number of rotatable bonds is 1. The van der Waals surface area contributed by atoms with Crippen molar-refractivity contribution in [3.63, 3.8) is 0 Å². The van der Waals surface area contributed by atoms with Gasteiger partial charge in [-0.15, -0.1) is 0 Å². The molecule has 0 aliphatic carbocycles. The first kappa shape index (κ1) is 14.0. The zero-order valence-corrected chi connectivity index (χ0v) is 11.4. The quantitative estimate of drug-likeness (QED) is 0.857. The Kier molecular flexibility index (Phi) is 3.61. The minimum absolute atomic E-state index is 0.0561. The van der Waals surface area contributed by atoms with Crippen LogP contribution in [0.15, 0.2) is 18.2 Å². The van der Waals surface area contributed by atoms with Gasteiger partial charge in [0, 0.05) is 31.6 Å². The fourth-order valence-electron chi connectivity index (χ4n) is 3.13. The third kappa shape index (κ3) is 2.75. The van der Waals surface area contributed by atoms with Gasteiger partial charge >= 0.3 is 0 Å². The van der Waals surface area contributed by atoms with Gasteiger partial charge in [-0.25, -0.2) is 8.78 Å². The third-order valence-corrected chi connectivity index (χ3v) is 4.27. The molecule has 0 bridgehead atoms. The summed E-state index contributed by atoms with van der Waals surface area (Å²) >= 11 is 0. The summed E-state index contributed by atoms with van der Waals surface area (Å²) in [6.45, 7) is 0.970. The highest BCUT2D eigenvalue weighted by atomic mass is 19.1. The van der Waals surface area contributed by atoms with Crippen LogP contribution in [0.3, 0.4) is 0 Å². The van der Waals surface area contributed by atoms with Crippen molar-refractivity contribution in [1.82, 2.24) is 10.2 Å². The number of fused-ring (bicyclic) bond motifs is 1. The third-order valence-electron chi connectivity index (χ3n) is 4.27. The van der Waals surface area contributed by atoms with E-state index in [4.69, 9.17) is 0 Å². The number of hydrogen-bond donors (Lipinski definition) is 1. The van der Waals surface area contributed by atoms with E-state index in [2.05, 4.69) is 5.32 Å². The number of carbonyl (C=O) groups is 2. The molecule has 2 saturated heterocycles. The first-order valence-corrected chi connectivity index (χ1v) is 7.08. The average molecular weight is 294 g/mol. The van der Waals surface area contributed by atoms with E-state index in [0.717, 1.165) is 18.6 Å². The average Bonchev–Trinajstić information content (AvgIpc) is 2.46. The van der Waals surface area contributed by atoms with Crippen LogP contribution in [0.25, 0.3) is 0 Å². The maximum atomic E-state index is 13.7. The number of piperidine rings is 2. The number of amides is 2. The second-order valence-electron chi connectivity index (χ2n) is 5.64. The Morgan fingerprint density at radius 2 is 2.10 bits per heavy atom. The number of nitrogens with one attached hydrogen (secondary N) is 1. The molecule has 6 heteroatoms. The van der Waals surface area contributed by atoms with Crippen LogP contribution in [0.5, 0.6) is 0 Å². The number of carbonyl (C=O) groups excluding carboxylic acids is 2. The Morgan fingerprint density at radius 1 is 1.29 bits per heavy atom. The van der Waals surface area contributed by atoms with Gasteiger partial charge in [0.25, 0.3) is 5.91 Å². The Hall–Kier alpha value is -1.98. The van der Waals surface area contributed by atoms with E-state index < -0.39 is 17.5 Å². The molecule has 3 rings (SSSR count). The topological polar surface area (TPSA) is 49.4 Å². The highest BCUT2D eigenvalue weighted by molar-refractivity contribution is 5.94. The summed E-state index contributed by atoms with van der Waals surface area (Å²) in [4.78, 5) is 25.3. The lowest BCUT2D eigenvalue weighted by atomic mass is 9.85. The van der Waals surface area contributed by atoms with E-state index in [9.17, 15) is 18.4 Å². The van der Waals surface area contributed by atoms with Crippen LogP contribution in [0.4, 0.5) is 8.78 Å². The van der Waals surface area contributed by atoms with Crippen LogP contribution >= 0.6 is 0 Å². The zero-order chi connectivity index (χ0) is 15.0. The molecule has 1 aromatic carbocycles. The highest BCUT2D eigenvalue weighted by Crippen LogP contribution is 2.26. The summed E-state index contributed by atoms with van der Waals surface area (Å²) < 4.78 is 26.6. The van der Waals surface area contributed by atoms with Crippen LogP contribution in [-0.2, 0) is 4.79 Å². The minimum Gasteiger partial charge on any atom is -0.353 e. The minimum atomic E-state index is -0.834. The lowest BCUT2D eigenvalue weighted by Crippen LogP contribution is -2.55. The van der Waals surface area contributed by atoms with E-state index in [1.165, 1.54) is 6.07 Å². The van der Waals surface area contributed by atoms with Gasteiger partial charge in [-0.2, -0.15) is 0 Å². The second kappa shape index (κ2) is 5.42. The van der Waals surface area contributed by atoms with Gasteiger partial charge in [-0.1, -0.05) is 0 Å². The molecule has 0 aromatic heterocycles. The predicted octanol–water partition coefficient (Wildman–Crippen LogP) is 1.71. The number of halogens is 2. The Morgan fingerprint density at radius 3 is 2.86 bits per heavy atom. The first-order valence-electron chi connectivity index (χ1n) is 7.08. The molecule has 2 amide bonds. The van der Waals surface area contributed by atoms with Crippen molar-refractivity contribution in [2.24, 2.45) is 5.92 Å². The molecule has 2 unspecified atom stereocenters. The van der Waals surface area contributed by atoms with E-state index in [0.29, 0.717) is 25.9 Å². The van der Waals surface area contributed by atoms with Crippen LogP contribution < -0.4 is 5.32 Å². The van der Waals surface area contributed by atoms with Crippen LogP contribution in [-0.4, -0.2) is 35.8 Å². The van der Waals surface area contributed by atoms with Crippen molar-refractivity contribution in [1.29, 1.82) is 0 Å². The smallest absolute Gasteiger partial charge is 0.256 e. The van der Waals surface area contributed by atoms with Crippen LogP contribution in [0.2, 0.25) is 0 Å². The number of benzene rings is 1. The van der Waals surface area contributed by atoms with Crippen LogP contribution in [0, 0.1) is 17.6 Å². The summed E-state index contributed by atoms with van der Waals surface area (Å²) in [6.07, 6.45) is 1.88. The van der Waals surface area contributed by atoms with Gasteiger partial charge in [-0.05, 0) is 30.9 Å². The Labute approximate surface area is 121 Å². The molecule has 1 aromatic rings. The summed E-state index contributed by atoms with van der Waals surface area (Å²) in [5.41, 5.74) is -0.102. The first-order chi connectivity index (χ1) is 10.0. The second-order valence-corrected chi connectivity index (χ2v) is 5.64. The Bertz CT molecular complexity index is 591. The molecule has 0 saturated carbocycles. The summed E-state index contributed by atoms with van der Waals surface area (Å²) in [5, 5.41) is 2.94. The van der Waals surface area contributed by atoms with Crippen molar-refractivity contribution in [2.45, 2.75) is 25.3 Å².